The minimum absolute atomic E-state index is 0.249. The fraction of sp³-hybridized carbons (Fsp3) is 0.778. The molecule has 1 amide bonds. The van der Waals surface area contributed by atoms with E-state index in [4.69, 9.17) is 4.74 Å². The molecule has 7 heteroatoms. The summed E-state index contributed by atoms with van der Waals surface area (Å²) in [6, 6.07) is 0.602. The molecule has 0 atom stereocenters. The third-order valence-corrected chi connectivity index (χ3v) is 6.79. The fourth-order valence-corrected chi connectivity index (χ4v) is 5.20. The second-order valence-electron chi connectivity index (χ2n) is 8.11. The van der Waals surface area contributed by atoms with Gasteiger partial charge in [-0.2, -0.15) is 0 Å². The Morgan fingerprint density at radius 1 is 1.28 bits per heavy atom. The molecule has 25 heavy (non-hydrogen) atoms. The maximum Gasteiger partial charge on any atom is 0.407 e. The summed E-state index contributed by atoms with van der Waals surface area (Å²) < 4.78 is 8.00. The number of likely N-dealkylation sites (tertiary alicyclic amines) is 2. The lowest BCUT2D eigenvalue weighted by Gasteiger charge is -2.52. The van der Waals surface area contributed by atoms with Crippen LogP contribution in [0.4, 0.5) is 4.79 Å². The van der Waals surface area contributed by atoms with Crippen molar-refractivity contribution in [2.24, 2.45) is 12.5 Å². The van der Waals surface area contributed by atoms with Gasteiger partial charge in [-0.15, -0.1) is 0 Å². The van der Waals surface area contributed by atoms with Gasteiger partial charge in [0, 0.05) is 58.8 Å². The standard InChI is InChI=1S/C18H28N4O3/c1-20-10-6-19-15(20)18(25-2)4-8-21(9-5-18)14-11-17(12-14)3-7-22(13-17)16(23)24/h6,10,14H,3-5,7-9,11-13H2,1-2H3,(H,23,24). The quantitative estimate of drug-likeness (QED) is 0.903. The molecule has 0 bridgehead atoms. The van der Waals surface area contributed by atoms with Gasteiger partial charge < -0.3 is 24.2 Å². The minimum atomic E-state index is -0.766. The van der Waals surface area contributed by atoms with Crippen LogP contribution in [0.15, 0.2) is 12.4 Å². The summed E-state index contributed by atoms with van der Waals surface area (Å²) in [6.07, 6.45) is 8.27. The average Bonchev–Trinajstić information content (AvgIpc) is 3.21. The van der Waals surface area contributed by atoms with Gasteiger partial charge in [0.2, 0.25) is 0 Å². The SMILES string of the molecule is COC1(c2nccn2C)CCN(C2CC3(CCN(C(=O)O)C3)C2)CC1. The van der Waals surface area contributed by atoms with Crippen molar-refractivity contribution in [3.8, 4) is 0 Å². The van der Waals surface area contributed by atoms with Crippen molar-refractivity contribution >= 4 is 6.09 Å². The van der Waals surface area contributed by atoms with Crippen LogP contribution in [-0.4, -0.2) is 69.9 Å². The zero-order valence-corrected chi connectivity index (χ0v) is 15.1. The van der Waals surface area contributed by atoms with Crippen molar-refractivity contribution in [2.75, 3.05) is 33.3 Å². The van der Waals surface area contributed by atoms with Crippen molar-refractivity contribution in [1.82, 2.24) is 19.4 Å². The lowest BCUT2D eigenvalue weighted by molar-refractivity contribution is -0.0948. The molecule has 3 heterocycles. The van der Waals surface area contributed by atoms with Crippen LogP contribution >= 0.6 is 0 Å². The number of nitrogens with zero attached hydrogens (tertiary/aromatic N) is 4. The number of amides is 1. The predicted octanol–water partition coefficient (Wildman–Crippen LogP) is 1.89. The van der Waals surface area contributed by atoms with E-state index >= 15 is 0 Å². The average molecular weight is 348 g/mol. The number of hydrogen-bond acceptors (Lipinski definition) is 4. The first-order chi connectivity index (χ1) is 12.0. The lowest BCUT2D eigenvalue weighted by Crippen LogP contribution is -2.56. The molecule has 0 unspecified atom stereocenters. The Morgan fingerprint density at radius 3 is 2.52 bits per heavy atom. The Hall–Kier alpha value is -1.60. The maximum absolute atomic E-state index is 11.2. The molecule has 1 saturated carbocycles. The second kappa shape index (κ2) is 5.99. The number of aromatic nitrogens is 2. The summed E-state index contributed by atoms with van der Waals surface area (Å²) in [5.41, 5.74) is -0.0256. The summed E-state index contributed by atoms with van der Waals surface area (Å²) in [6.45, 7) is 3.46. The molecule has 0 aromatic carbocycles. The van der Waals surface area contributed by atoms with Crippen LogP contribution in [0.1, 0.15) is 37.9 Å². The van der Waals surface area contributed by atoms with Gasteiger partial charge in [-0.05, 0) is 37.5 Å². The van der Waals surface area contributed by atoms with Crippen LogP contribution in [0.2, 0.25) is 0 Å². The van der Waals surface area contributed by atoms with Crippen molar-refractivity contribution in [1.29, 1.82) is 0 Å². The number of imidazole rings is 1. The molecular formula is C18H28N4O3. The van der Waals surface area contributed by atoms with Crippen molar-refractivity contribution in [2.45, 2.75) is 43.7 Å². The molecule has 138 valence electrons. The van der Waals surface area contributed by atoms with E-state index in [9.17, 15) is 9.90 Å². The highest BCUT2D eigenvalue weighted by Gasteiger charge is 2.52. The molecule has 1 aromatic heterocycles. The molecule has 1 aliphatic carbocycles. The van der Waals surface area contributed by atoms with E-state index in [-0.39, 0.29) is 11.0 Å². The Morgan fingerprint density at radius 2 is 2.00 bits per heavy atom. The molecule has 3 aliphatic rings. The van der Waals surface area contributed by atoms with Crippen LogP contribution < -0.4 is 0 Å². The van der Waals surface area contributed by atoms with E-state index in [1.165, 1.54) is 0 Å². The van der Waals surface area contributed by atoms with E-state index in [1.54, 1.807) is 12.0 Å². The molecule has 7 nitrogen and oxygen atoms in total. The molecule has 2 aliphatic heterocycles. The summed E-state index contributed by atoms with van der Waals surface area (Å²) in [5, 5.41) is 9.17. The van der Waals surface area contributed by atoms with Crippen molar-refractivity contribution < 1.29 is 14.6 Å². The Kier molecular flexibility index (Phi) is 4.03. The number of aryl methyl sites for hydroxylation is 1. The van der Waals surface area contributed by atoms with Gasteiger partial charge in [-0.25, -0.2) is 9.78 Å². The number of piperidine rings is 1. The molecule has 3 fully saturated rings. The first kappa shape index (κ1) is 16.8. The number of carbonyl (C=O) groups is 1. The van der Waals surface area contributed by atoms with Gasteiger partial charge in [0.15, 0.2) is 0 Å². The Labute approximate surface area is 148 Å². The van der Waals surface area contributed by atoms with Gasteiger partial charge in [0.05, 0.1) is 0 Å². The molecule has 2 saturated heterocycles. The van der Waals surface area contributed by atoms with E-state index in [2.05, 4.69) is 14.5 Å². The van der Waals surface area contributed by atoms with E-state index < -0.39 is 6.09 Å². The molecule has 1 spiro atoms. The summed E-state index contributed by atoms with van der Waals surface area (Å²) in [5.74, 6) is 1.02. The van der Waals surface area contributed by atoms with Gasteiger partial charge in [-0.3, -0.25) is 0 Å². The van der Waals surface area contributed by atoms with Gasteiger partial charge in [0.25, 0.3) is 0 Å². The largest absolute Gasteiger partial charge is 0.465 e. The number of methoxy groups -OCH3 is 1. The molecule has 1 N–H and O–H groups in total. The first-order valence-electron chi connectivity index (χ1n) is 9.22. The third-order valence-electron chi connectivity index (χ3n) is 6.79. The van der Waals surface area contributed by atoms with E-state index in [0.29, 0.717) is 12.6 Å². The highest BCUT2D eigenvalue weighted by atomic mass is 16.5. The zero-order valence-electron chi connectivity index (χ0n) is 15.1. The Balaban J connectivity index is 1.35. The normalized spacial score (nSPS) is 32.1. The zero-order chi connectivity index (χ0) is 17.7. The number of ether oxygens (including phenoxy) is 1. The van der Waals surface area contributed by atoms with E-state index in [0.717, 1.165) is 57.6 Å². The summed E-state index contributed by atoms with van der Waals surface area (Å²) in [7, 11) is 3.82. The number of carboxylic acid groups (broad SMARTS) is 1. The van der Waals surface area contributed by atoms with Crippen molar-refractivity contribution in [3.05, 3.63) is 18.2 Å². The topological polar surface area (TPSA) is 70.8 Å². The highest BCUT2D eigenvalue weighted by Crippen LogP contribution is 2.51. The summed E-state index contributed by atoms with van der Waals surface area (Å²) in [4.78, 5) is 19.8. The van der Waals surface area contributed by atoms with Crippen LogP contribution in [0, 0.1) is 5.41 Å². The Bertz CT molecular complexity index is 645. The van der Waals surface area contributed by atoms with Crippen molar-refractivity contribution in [3.63, 3.8) is 0 Å². The third kappa shape index (κ3) is 2.73. The number of hydrogen-bond donors (Lipinski definition) is 1. The monoisotopic (exact) mass is 348 g/mol. The fourth-order valence-electron chi connectivity index (χ4n) is 5.20. The molecule has 0 radical (unpaired) electrons. The molecule has 4 rings (SSSR count). The van der Waals surface area contributed by atoms with Crippen LogP contribution in [0.3, 0.4) is 0 Å². The van der Waals surface area contributed by atoms with Gasteiger partial charge in [0.1, 0.15) is 11.4 Å². The highest BCUT2D eigenvalue weighted by molar-refractivity contribution is 5.65. The minimum Gasteiger partial charge on any atom is -0.465 e. The van der Waals surface area contributed by atoms with Gasteiger partial charge in [-0.1, -0.05) is 0 Å². The smallest absolute Gasteiger partial charge is 0.407 e. The molecular weight excluding hydrogens is 320 g/mol. The van der Waals surface area contributed by atoms with E-state index in [1.807, 2.05) is 19.4 Å². The number of rotatable bonds is 3. The van der Waals surface area contributed by atoms with Gasteiger partial charge >= 0.3 is 6.09 Å². The second-order valence-corrected chi connectivity index (χ2v) is 8.11. The lowest BCUT2D eigenvalue weighted by atomic mass is 9.64. The summed E-state index contributed by atoms with van der Waals surface area (Å²) >= 11 is 0. The van der Waals surface area contributed by atoms with Crippen LogP contribution in [-0.2, 0) is 17.4 Å². The van der Waals surface area contributed by atoms with Crippen LogP contribution in [0.25, 0.3) is 0 Å². The molecule has 1 aromatic rings. The van der Waals surface area contributed by atoms with Crippen LogP contribution in [0.5, 0.6) is 0 Å². The first-order valence-corrected chi connectivity index (χ1v) is 9.22. The maximum atomic E-state index is 11.2. The predicted molar refractivity (Wildman–Crippen MR) is 92.4 cm³/mol.